The lowest BCUT2D eigenvalue weighted by Gasteiger charge is -2.10. The summed E-state index contributed by atoms with van der Waals surface area (Å²) in [5.74, 6) is 0. The molecule has 3 heteroatoms. The molecule has 1 aromatic carbocycles. The SMILES string of the molecule is Cc1cc(C(O)Cc2cccc(Cl)c2)c(C)s1. The largest absolute Gasteiger partial charge is 0.388 e. The van der Waals surface area contributed by atoms with Gasteiger partial charge in [-0.3, -0.25) is 0 Å². The zero-order valence-corrected chi connectivity index (χ0v) is 11.5. The standard InChI is InChI=1S/C14H15ClOS/c1-9-6-13(10(2)17-9)14(16)8-11-4-3-5-12(15)7-11/h3-7,14,16H,8H2,1-2H3. The molecular formula is C14H15ClOS. The van der Waals surface area contributed by atoms with Crippen molar-refractivity contribution >= 4 is 22.9 Å². The molecule has 1 unspecified atom stereocenters. The van der Waals surface area contributed by atoms with Crippen LogP contribution in [0.25, 0.3) is 0 Å². The highest BCUT2D eigenvalue weighted by Gasteiger charge is 2.13. The average molecular weight is 267 g/mol. The first kappa shape index (κ1) is 12.6. The summed E-state index contributed by atoms with van der Waals surface area (Å²) < 4.78 is 0. The van der Waals surface area contributed by atoms with Crippen LogP contribution in [0.5, 0.6) is 0 Å². The van der Waals surface area contributed by atoms with Crippen molar-refractivity contribution < 1.29 is 5.11 Å². The molecule has 0 spiro atoms. The molecule has 17 heavy (non-hydrogen) atoms. The van der Waals surface area contributed by atoms with Crippen molar-refractivity contribution in [2.75, 3.05) is 0 Å². The molecule has 0 saturated heterocycles. The number of aryl methyl sites for hydroxylation is 2. The molecule has 0 bridgehead atoms. The third-order valence-electron chi connectivity index (χ3n) is 2.76. The summed E-state index contributed by atoms with van der Waals surface area (Å²) in [6.45, 7) is 4.11. The minimum absolute atomic E-state index is 0.446. The van der Waals surface area contributed by atoms with Gasteiger partial charge >= 0.3 is 0 Å². The summed E-state index contributed by atoms with van der Waals surface area (Å²) in [7, 11) is 0. The molecule has 0 aliphatic rings. The maximum Gasteiger partial charge on any atom is 0.0841 e. The van der Waals surface area contributed by atoms with E-state index < -0.39 is 6.10 Å². The summed E-state index contributed by atoms with van der Waals surface area (Å²) >= 11 is 7.66. The van der Waals surface area contributed by atoms with Crippen LogP contribution in [0.3, 0.4) is 0 Å². The normalized spacial score (nSPS) is 12.7. The van der Waals surface area contributed by atoms with E-state index in [1.54, 1.807) is 11.3 Å². The summed E-state index contributed by atoms with van der Waals surface area (Å²) in [5.41, 5.74) is 2.10. The van der Waals surface area contributed by atoms with E-state index in [1.807, 2.05) is 31.2 Å². The molecule has 1 nitrogen and oxygen atoms in total. The number of benzene rings is 1. The molecule has 1 heterocycles. The van der Waals surface area contributed by atoms with Crippen molar-refractivity contribution in [1.29, 1.82) is 0 Å². The third kappa shape index (κ3) is 3.09. The Bertz CT molecular complexity index is 519. The smallest absolute Gasteiger partial charge is 0.0841 e. The van der Waals surface area contributed by atoms with Gasteiger partial charge in [0.25, 0.3) is 0 Å². The van der Waals surface area contributed by atoms with Gasteiger partial charge in [-0.1, -0.05) is 23.7 Å². The lowest BCUT2D eigenvalue weighted by Crippen LogP contribution is -2.01. The Morgan fingerprint density at radius 1 is 1.29 bits per heavy atom. The first-order valence-corrected chi connectivity index (χ1v) is 6.75. The Kier molecular flexibility index (Phi) is 3.87. The van der Waals surface area contributed by atoms with Crippen LogP contribution >= 0.6 is 22.9 Å². The summed E-state index contributed by atoms with van der Waals surface area (Å²) in [6.07, 6.45) is 0.163. The average Bonchev–Trinajstić information content (AvgIpc) is 2.58. The van der Waals surface area contributed by atoms with Gasteiger partial charge in [-0.15, -0.1) is 11.3 Å². The Morgan fingerprint density at radius 3 is 2.65 bits per heavy atom. The van der Waals surface area contributed by atoms with Crippen molar-refractivity contribution in [1.82, 2.24) is 0 Å². The first-order valence-electron chi connectivity index (χ1n) is 5.55. The summed E-state index contributed by atoms with van der Waals surface area (Å²) in [4.78, 5) is 2.43. The van der Waals surface area contributed by atoms with E-state index in [9.17, 15) is 5.11 Å². The Morgan fingerprint density at radius 2 is 2.06 bits per heavy atom. The molecule has 0 aliphatic heterocycles. The molecule has 1 aromatic heterocycles. The molecule has 0 saturated carbocycles. The van der Waals surface area contributed by atoms with Crippen molar-refractivity contribution in [2.45, 2.75) is 26.4 Å². The van der Waals surface area contributed by atoms with Crippen LogP contribution in [-0.4, -0.2) is 5.11 Å². The molecule has 0 aliphatic carbocycles. The molecule has 1 atom stereocenters. The van der Waals surface area contributed by atoms with Gasteiger partial charge in [-0.05, 0) is 43.2 Å². The molecular weight excluding hydrogens is 252 g/mol. The van der Waals surface area contributed by atoms with Gasteiger partial charge in [0.15, 0.2) is 0 Å². The van der Waals surface area contributed by atoms with Gasteiger partial charge in [-0.25, -0.2) is 0 Å². The molecule has 90 valence electrons. The van der Waals surface area contributed by atoms with E-state index in [-0.39, 0.29) is 0 Å². The highest BCUT2D eigenvalue weighted by atomic mass is 35.5. The number of rotatable bonds is 3. The quantitative estimate of drug-likeness (QED) is 0.878. The fraction of sp³-hybridized carbons (Fsp3) is 0.286. The summed E-state index contributed by atoms with van der Waals surface area (Å²) in [5, 5.41) is 10.9. The Hall–Kier alpha value is -0.830. The van der Waals surface area contributed by atoms with Gasteiger partial charge in [0.1, 0.15) is 0 Å². The van der Waals surface area contributed by atoms with Crippen LogP contribution in [0.4, 0.5) is 0 Å². The maximum absolute atomic E-state index is 10.2. The lowest BCUT2D eigenvalue weighted by molar-refractivity contribution is 0.178. The second-order valence-electron chi connectivity index (χ2n) is 4.22. The fourth-order valence-corrected chi connectivity index (χ4v) is 3.17. The van der Waals surface area contributed by atoms with Crippen molar-refractivity contribution in [3.05, 3.63) is 56.2 Å². The summed E-state index contributed by atoms with van der Waals surface area (Å²) in [6, 6.07) is 9.71. The van der Waals surface area contributed by atoms with Crippen LogP contribution in [0.15, 0.2) is 30.3 Å². The predicted molar refractivity (Wildman–Crippen MR) is 73.9 cm³/mol. The molecule has 2 aromatic rings. The van der Waals surface area contributed by atoms with Crippen LogP contribution in [0.2, 0.25) is 5.02 Å². The van der Waals surface area contributed by atoms with Crippen molar-refractivity contribution in [2.24, 2.45) is 0 Å². The maximum atomic E-state index is 10.2. The van der Waals surface area contributed by atoms with Gasteiger partial charge in [0.2, 0.25) is 0 Å². The van der Waals surface area contributed by atoms with Crippen LogP contribution in [0, 0.1) is 13.8 Å². The molecule has 1 N–H and O–H groups in total. The molecule has 0 radical (unpaired) electrons. The van der Waals surface area contributed by atoms with Crippen LogP contribution < -0.4 is 0 Å². The Labute approximate surface area is 111 Å². The molecule has 0 fully saturated rings. The van der Waals surface area contributed by atoms with Gasteiger partial charge in [0.05, 0.1) is 6.10 Å². The number of halogens is 1. The highest BCUT2D eigenvalue weighted by Crippen LogP contribution is 2.28. The fourth-order valence-electron chi connectivity index (χ4n) is 1.98. The zero-order valence-electron chi connectivity index (χ0n) is 9.90. The van der Waals surface area contributed by atoms with E-state index in [4.69, 9.17) is 11.6 Å². The second kappa shape index (κ2) is 5.21. The van der Waals surface area contributed by atoms with E-state index in [0.717, 1.165) is 11.1 Å². The highest BCUT2D eigenvalue weighted by molar-refractivity contribution is 7.12. The first-order chi connectivity index (χ1) is 8.06. The number of hydrogen-bond acceptors (Lipinski definition) is 2. The third-order valence-corrected chi connectivity index (χ3v) is 3.97. The van der Waals surface area contributed by atoms with Gasteiger partial charge in [-0.2, -0.15) is 0 Å². The molecule has 0 amide bonds. The van der Waals surface area contributed by atoms with E-state index in [1.165, 1.54) is 9.75 Å². The predicted octanol–water partition coefficient (Wildman–Crippen LogP) is 4.29. The number of aliphatic hydroxyl groups is 1. The number of hydrogen-bond donors (Lipinski definition) is 1. The van der Waals surface area contributed by atoms with Crippen LogP contribution in [0.1, 0.15) is 27.0 Å². The minimum atomic E-state index is -0.446. The Balaban J connectivity index is 2.16. The molecule has 2 rings (SSSR count). The minimum Gasteiger partial charge on any atom is -0.388 e. The van der Waals surface area contributed by atoms with Crippen molar-refractivity contribution in [3.8, 4) is 0 Å². The van der Waals surface area contributed by atoms with Gasteiger partial charge < -0.3 is 5.11 Å². The second-order valence-corrected chi connectivity index (χ2v) is 6.12. The lowest BCUT2D eigenvalue weighted by atomic mass is 10.0. The van der Waals surface area contributed by atoms with E-state index in [2.05, 4.69) is 13.0 Å². The monoisotopic (exact) mass is 266 g/mol. The van der Waals surface area contributed by atoms with Gasteiger partial charge in [0, 0.05) is 21.2 Å². The van der Waals surface area contributed by atoms with E-state index in [0.29, 0.717) is 11.4 Å². The van der Waals surface area contributed by atoms with Crippen LogP contribution in [-0.2, 0) is 6.42 Å². The number of aliphatic hydroxyl groups excluding tert-OH is 1. The van der Waals surface area contributed by atoms with Crippen molar-refractivity contribution in [3.63, 3.8) is 0 Å². The number of thiophene rings is 1. The van der Waals surface area contributed by atoms with E-state index >= 15 is 0 Å². The zero-order chi connectivity index (χ0) is 12.4. The topological polar surface area (TPSA) is 20.2 Å².